The van der Waals surface area contributed by atoms with E-state index in [1.54, 1.807) is 18.1 Å². The lowest BCUT2D eigenvalue weighted by Gasteiger charge is -2.22. The second-order valence-corrected chi connectivity index (χ2v) is 3.94. The van der Waals surface area contributed by atoms with Crippen LogP contribution >= 0.6 is 23.5 Å². The van der Waals surface area contributed by atoms with Gasteiger partial charge in [-0.1, -0.05) is 23.5 Å². The van der Waals surface area contributed by atoms with Gasteiger partial charge in [0.2, 0.25) is 0 Å². The molecule has 0 N–H and O–H groups in total. The molecule has 13 heavy (non-hydrogen) atoms. The van der Waals surface area contributed by atoms with Crippen LogP contribution in [0.4, 0.5) is 0 Å². The molecule has 0 aromatic carbocycles. The first-order chi connectivity index (χ1) is 6.31. The van der Waals surface area contributed by atoms with Gasteiger partial charge in [-0.2, -0.15) is 0 Å². The first-order valence-electron chi connectivity index (χ1n) is 3.93. The van der Waals surface area contributed by atoms with E-state index in [9.17, 15) is 0 Å². The molecule has 2 rings (SSSR count). The zero-order valence-electron chi connectivity index (χ0n) is 7.20. The molecule has 0 unspecified atom stereocenters. The third kappa shape index (κ3) is 1.67. The number of fused-ring (bicyclic) bond motifs is 1. The van der Waals surface area contributed by atoms with Crippen LogP contribution in [0.15, 0.2) is 18.5 Å². The van der Waals surface area contributed by atoms with Crippen molar-refractivity contribution in [1.82, 2.24) is 9.29 Å². The summed E-state index contributed by atoms with van der Waals surface area (Å²) in [4.78, 5) is 4.06. The van der Waals surface area contributed by atoms with Gasteiger partial charge >= 0.3 is 0 Å². The van der Waals surface area contributed by atoms with Crippen molar-refractivity contribution in [1.29, 1.82) is 0 Å². The van der Waals surface area contributed by atoms with Crippen molar-refractivity contribution < 1.29 is 0 Å². The molecule has 0 saturated carbocycles. The van der Waals surface area contributed by atoms with Gasteiger partial charge in [-0.3, -0.25) is 0 Å². The predicted octanol–water partition coefficient (Wildman–Crippen LogP) is 2.80. The topological polar surface area (TPSA) is 16.1 Å². The van der Waals surface area contributed by atoms with Crippen molar-refractivity contribution in [3.8, 4) is 0 Å². The lowest BCUT2D eigenvalue weighted by atomic mass is 10.1. The zero-order valence-corrected chi connectivity index (χ0v) is 8.77. The Balaban J connectivity index is 2.41. The van der Waals surface area contributed by atoms with E-state index >= 15 is 0 Å². The Morgan fingerprint density at radius 3 is 3.23 bits per heavy atom. The van der Waals surface area contributed by atoms with E-state index in [1.807, 2.05) is 12.3 Å². The summed E-state index contributed by atoms with van der Waals surface area (Å²) < 4.78 is 2.12. The van der Waals surface area contributed by atoms with Crippen LogP contribution < -0.4 is 0 Å². The zero-order chi connectivity index (χ0) is 9.26. The molecule has 1 aromatic rings. The molecule has 1 aliphatic rings. The van der Waals surface area contributed by atoms with Crippen molar-refractivity contribution in [2.24, 2.45) is 0 Å². The summed E-state index contributed by atoms with van der Waals surface area (Å²) in [6, 6.07) is 1.98. The molecule has 0 bridgehead atoms. The minimum absolute atomic E-state index is 0.612. The van der Waals surface area contributed by atoms with Crippen LogP contribution in [0.5, 0.6) is 0 Å². The SMILES string of the molecule is CSN1C=Cc2ccnc(Cl)c2C1. The molecule has 0 atom stereocenters. The van der Waals surface area contributed by atoms with Crippen LogP contribution in [-0.4, -0.2) is 15.5 Å². The highest BCUT2D eigenvalue weighted by molar-refractivity contribution is 7.96. The molecular weight excluding hydrogens is 204 g/mol. The van der Waals surface area contributed by atoms with Crippen LogP contribution in [-0.2, 0) is 6.54 Å². The van der Waals surface area contributed by atoms with Crippen molar-refractivity contribution >= 4 is 29.6 Å². The van der Waals surface area contributed by atoms with Crippen LogP contribution in [0.2, 0.25) is 5.15 Å². The van der Waals surface area contributed by atoms with Crippen LogP contribution in [0.25, 0.3) is 6.08 Å². The Kier molecular flexibility index (Phi) is 2.47. The van der Waals surface area contributed by atoms with Gasteiger partial charge in [0.05, 0.1) is 6.54 Å². The van der Waals surface area contributed by atoms with Gasteiger partial charge < -0.3 is 4.31 Å². The third-order valence-electron chi connectivity index (χ3n) is 2.01. The van der Waals surface area contributed by atoms with E-state index in [0.29, 0.717) is 5.15 Å². The molecule has 2 heterocycles. The molecule has 2 nitrogen and oxygen atoms in total. The molecule has 1 aliphatic heterocycles. The monoisotopic (exact) mass is 212 g/mol. The number of nitrogens with zero attached hydrogens (tertiary/aromatic N) is 2. The summed E-state index contributed by atoms with van der Waals surface area (Å²) in [6.07, 6.45) is 7.89. The van der Waals surface area contributed by atoms with E-state index in [4.69, 9.17) is 11.6 Å². The number of aromatic nitrogens is 1. The fraction of sp³-hybridized carbons (Fsp3) is 0.222. The van der Waals surface area contributed by atoms with Crippen molar-refractivity contribution in [3.63, 3.8) is 0 Å². The van der Waals surface area contributed by atoms with E-state index < -0.39 is 0 Å². The Labute approximate surface area is 86.7 Å². The Morgan fingerprint density at radius 1 is 1.62 bits per heavy atom. The third-order valence-corrected chi connectivity index (χ3v) is 3.05. The number of hydrogen-bond acceptors (Lipinski definition) is 3. The molecule has 0 fully saturated rings. The molecule has 4 heteroatoms. The van der Waals surface area contributed by atoms with Gasteiger partial charge in [0.25, 0.3) is 0 Å². The largest absolute Gasteiger partial charge is 0.319 e. The maximum absolute atomic E-state index is 5.98. The highest BCUT2D eigenvalue weighted by Crippen LogP contribution is 2.27. The summed E-state index contributed by atoms with van der Waals surface area (Å²) in [5, 5.41) is 0.612. The van der Waals surface area contributed by atoms with Crippen LogP contribution in [0.3, 0.4) is 0 Å². The quantitative estimate of drug-likeness (QED) is 0.526. The Morgan fingerprint density at radius 2 is 2.46 bits per heavy atom. The summed E-state index contributed by atoms with van der Waals surface area (Å²) in [5.41, 5.74) is 2.28. The van der Waals surface area contributed by atoms with Crippen LogP contribution in [0, 0.1) is 0 Å². The van der Waals surface area contributed by atoms with Gasteiger partial charge in [0.15, 0.2) is 0 Å². The van der Waals surface area contributed by atoms with Crippen molar-refractivity contribution in [2.45, 2.75) is 6.54 Å². The minimum Gasteiger partial charge on any atom is -0.319 e. The second-order valence-electron chi connectivity index (χ2n) is 2.74. The molecular formula is C9H9ClN2S. The second kappa shape index (κ2) is 3.60. The highest BCUT2D eigenvalue weighted by Gasteiger charge is 2.12. The van der Waals surface area contributed by atoms with E-state index in [2.05, 4.69) is 21.6 Å². The lowest BCUT2D eigenvalue weighted by molar-refractivity contribution is 0.613. The van der Waals surface area contributed by atoms with Gasteiger partial charge in [0, 0.05) is 24.2 Å². The van der Waals surface area contributed by atoms with Gasteiger partial charge in [-0.25, -0.2) is 4.98 Å². The number of halogens is 1. The lowest BCUT2D eigenvalue weighted by Crippen LogP contribution is -2.12. The molecule has 0 amide bonds. The molecule has 0 saturated heterocycles. The fourth-order valence-electron chi connectivity index (χ4n) is 1.29. The fourth-order valence-corrected chi connectivity index (χ4v) is 1.96. The smallest absolute Gasteiger partial charge is 0.134 e. The van der Waals surface area contributed by atoms with E-state index in [0.717, 1.165) is 12.1 Å². The minimum atomic E-state index is 0.612. The average molecular weight is 213 g/mol. The highest BCUT2D eigenvalue weighted by atomic mass is 35.5. The maximum atomic E-state index is 5.98. The Hall–Kier alpha value is -0.670. The summed E-state index contributed by atoms with van der Waals surface area (Å²) in [6.45, 7) is 0.833. The standard InChI is InChI=1S/C9H9ClN2S/c1-13-12-5-3-7-2-4-11-9(10)8(7)6-12/h2-5H,6H2,1H3. The first-order valence-corrected chi connectivity index (χ1v) is 5.49. The summed E-state index contributed by atoms with van der Waals surface area (Å²) >= 11 is 7.66. The van der Waals surface area contributed by atoms with Crippen LogP contribution in [0.1, 0.15) is 11.1 Å². The normalized spacial score (nSPS) is 14.5. The van der Waals surface area contributed by atoms with Crippen molar-refractivity contribution in [3.05, 3.63) is 34.7 Å². The van der Waals surface area contributed by atoms with Crippen molar-refractivity contribution in [2.75, 3.05) is 6.26 Å². The van der Waals surface area contributed by atoms with Gasteiger partial charge in [-0.05, 0) is 17.7 Å². The number of rotatable bonds is 1. The average Bonchev–Trinajstić information content (AvgIpc) is 2.18. The molecule has 0 radical (unpaired) electrons. The molecule has 68 valence electrons. The predicted molar refractivity (Wildman–Crippen MR) is 57.3 cm³/mol. The molecule has 1 aromatic heterocycles. The Bertz CT molecular complexity index is 351. The first kappa shape index (κ1) is 8.91. The van der Waals surface area contributed by atoms with E-state index in [1.165, 1.54) is 5.56 Å². The summed E-state index contributed by atoms with van der Waals surface area (Å²) in [7, 11) is 0. The molecule has 0 aliphatic carbocycles. The number of pyridine rings is 1. The van der Waals surface area contributed by atoms with Gasteiger partial charge in [0.1, 0.15) is 5.15 Å². The molecule has 0 spiro atoms. The van der Waals surface area contributed by atoms with Gasteiger partial charge in [-0.15, -0.1) is 0 Å². The van der Waals surface area contributed by atoms with E-state index in [-0.39, 0.29) is 0 Å². The summed E-state index contributed by atoms with van der Waals surface area (Å²) in [5.74, 6) is 0. The number of hydrogen-bond donors (Lipinski definition) is 0. The maximum Gasteiger partial charge on any atom is 0.134 e.